The van der Waals surface area contributed by atoms with E-state index in [9.17, 15) is 9.90 Å². The molecule has 0 radical (unpaired) electrons. The molecule has 1 aromatic carbocycles. The van der Waals surface area contributed by atoms with E-state index in [0.29, 0.717) is 24.0 Å². The number of aliphatic hydroxyl groups is 1. The second-order valence-electron chi connectivity index (χ2n) is 7.91. The summed E-state index contributed by atoms with van der Waals surface area (Å²) in [6, 6.07) is 10.3. The van der Waals surface area contributed by atoms with E-state index in [2.05, 4.69) is 18.2 Å². The highest BCUT2D eigenvalue weighted by Crippen LogP contribution is 2.46. The average molecular weight is 405 g/mol. The number of benzene rings is 1. The molecule has 2 N–H and O–H groups in total. The molecule has 2 fully saturated rings. The van der Waals surface area contributed by atoms with Crippen LogP contribution < -0.4 is 0 Å². The molecule has 0 amide bonds. The Hall–Kier alpha value is -1.30. The van der Waals surface area contributed by atoms with Crippen LogP contribution in [0.4, 0.5) is 0 Å². The molecule has 4 nitrogen and oxygen atoms in total. The number of aliphatic carboxylic acids is 1. The molecular weight excluding hydrogens is 372 g/mol. The minimum absolute atomic E-state index is 0.260. The summed E-state index contributed by atoms with van der Waals surface area (Å²) in [5, 5.41) is 19.1. The van der Waals surface area contributed by atoms with Gasteiger partial charge in [0, 0.05) is 12.3 Å². The summed E-state index contributed by atoms with van der Waals surface area (Å²) in [6.45, 7) is 0. The lowest BCUT2D eigenvalue weighted by Gasteiger charge is -2.25. The van der Waals surface area contributed by atoms with Crippen molar-refractivity contribution in [1.82, 2.24) is 0 Å². The van der Waals surface area contributed by atoms with Gasteiger partial charge in [0.15, 0.2) is 0 Å². The zero-order valence-corrected chi connectivity index (χ0v) is 17.2. The second kappa shape index (κ2) is 11.0. The van der Waals surface area contributed by atoms with Crippen molar-refractivity contribution in [3.63, 3.8) is 0 Å². The van der Waals surface area contributed by atoms with E-state index in [-0.39, 0.29) is 6.42 Å². The molecule has 2 heterocycles. The van der Waals surface area contributed by atoms with Gasteiger partial charge in [-0.1, -0.05) is 42.5 Å². The van der Waals surface area contributed by atoms with Crippen LogP contribution in [0.25, 0.3) is 0 Å². The Labute approximate surface area is 172 Å². The molecule has 2 aliphatic rings. The summed E-state index contributed by atoms with van der Waals surface area (Å²) in [5.74, 6) is 2.19. The van der Waals surface area contributed by atoms with Crippen LogP contribution in [-0.4, -0.2) is 46.0 Å². The summed E-state index contributed by atoms with van der Waals surface area (Å²) < 4.78 is 6.15. The van der Waals surface area contributed by atoms with Gasteiger partial charge < -0.3 is 14.9 Å². The van der Waals surface area contributed by atoms with E-state index in [1.54, 1.807) is 0 Å². The van der Waals surface area contributed by atoms with Crippen molar-refractivity contribution in [2.75, 3.05) is 11.5 Å². The first-order valence-electron chi connectivity index (χ1n) is 10.5. The number of aliphatic hydroxyl groups excluding tert-OH is 1. The first-order chi connectivity index (χ1) is 13.6. The van der Waals surface area contributed by atoms with Gasteiger partial charge in [-0.15, -0.1) is 0 Å². The predicted molar refractivity (Wildman–Crippen MR) is 114 cm³/mol. The van der Waals surface area contributed by atoms with Crippen molar-refractivity contribution in [2.45, 2.75) is 63.3 Å². The number of thioether (sulfide) groups is 1. The number of hydrogen-bond donors (Lipinski definition) is 2. The van der Waals surface area contributed by atoms with Crippen molar-refractivity contribution in [1.29, 1.82) is 0 Å². The van der Waals surface area contributed by atoms with Crippen LogP contribution in [0.2, 0.25) is 0 Å². The van der Waals surface area contributed by atoms with E-state index < -0.39 is 12.1 Å². The smallest absolute Gasteiger partial charge is 0.303 e. The zero-order chi connectivity index (χ0) is 19.8. The van der Waals surface area contributed by atoms with Gasteiger partial charge >= 0.3 is 5.97 Å². The third kappa shape index (κ3) is 6.36. The molecule has 0 aromatic heterocycles. The number of fused-ring (bicyclic) bond motifs is 2. The number of aryl methyl sites for hydroxylation is 1. The van der Waals surface area contributed by atoms with Gasteiger partial charge in [0.25, 0.3) is 0 Å². The van der Waals surface area contributed by atoms with E-state index in [0.717, 1.165) is 50.0 Å². The van der Waals surface area contributed by atoms with Gasteiger partial charge in [-0.2, -0.15) is 11.8 Å². The molecule has 0 aliphatic carbocycles. The number of ether oxygens (including phenoxy) is 1. The summed E-state index contributed by atoms with van der Waals surface area (Å²) in [7, 11) is 0. The monoisotopic (exact) mass is 404 g/mol. The Morgan fingerprint density at radius 3 is 2.79 bits per heavy atom. The van der Waals surface area contributed by atoms with Crippen molar-refractivity contribution in [2.24, 2.45) is 11.8 Å². The van der Waals surface area contributed by atoms with Crippen molar-refractivity contribution >= 4 is 17.7 Å². The Morgan fingerprint density at radius 1 is 1.21 bits per heavy atom. The van der Waals surface area contributed by atoms with Gasteiger partial charge in [-0.3, -0.25) is 4.79 Å². The van der Waals surface area contributed by atoms with Crippen molar-refractivity contribution in [3.05, 3.63) is 48.0 Å². The summed E-state index contributed by atoms with van der Waals surface area (Å²) in [5.41, 5.74) is 1.26. The van der Waals surface area contributed by atoms with Crippen LogP contribution in [-0.2, 0) is 16.0 Å². The van der Waals surface area contributed by atoms with E-state index >= 15 is 0 Å². The van der Waals surface area contributed by atoms with Gasteiger partial charge in [0.2, 0.25) is 0 Å². The highest BCUT2D eigenvalue weighted by Gasteiger charge is 2.47. The van der Waals surface area contributed by atoms with Crippen molar-refractivity contribution in [3.8, 4) is 0 Å². The lowest BCUT2D eigenvalue weighted by atomic mass is 9.77. The number of hydrogen-bond acceptors (Lipinski definition) is 4. The van der Waals surface area contributed by atoms with Crippen LogP contribution in [0.5, 0.6) is 0 Å². The molecule has 2 aliphatic heterocycles. The van der Waals surface area contributed by atoms with Crippen LogP contribution in [0.3, 0.4) is 0 Å². The molecule has 0 saturated carbocycles. The van der Waals surface area contributed by atoms with Crippen molar-refractivity contribution < 1.29 is 19.7 Å². The Bertz CT molecular complexity index is 633. The molecule has 1 aromatic rings. The minimum atomic E-state index is -0.710. The van der Waals surface area contributed by atoms with E-state index in [4.69, 9.17) is 9.84 Å². The molecular formula is C23H32O4S. The zero-order valence-electron chi connectivity index (χ0n) is 16.4. The summed E-state index contributed by atoms with van der Waals surface area (Å²) >= 11 is 1.85. The van der Waals surface area contributed by atoms with E-state index in [1.807, 2.05) is 36.0 Å². The molecule has 1 unspecified atom stereocenters. The maximum atomic E-state index is 10.6. The highest BCUT2D eigenvalue weighted by atomic mass is 32.2. The van der Waals surface area contributed by atoms with Gasteiger partial charge in [-0.25, -0.2) is 0 Å². The largest absolute Gasteiger partial charge is 0.481 e. The van der Waals surface area contributed by atoms with Gasteiger partial charge in [0.05, 0.1) is 18.3 Å². The van der Waals surface area contributed by atoms with Gasteiger partial charge in [0.1, 0.15) is 0 Å². The van der Waals surface area contributed by atoms with Crippen LogP contribution in [0, 0.1) is 11.8 Å². The minimum Gasteiger partial charge on any atom is -0.481 e. The standard InChI is InChI=1S/C23H32O4S/c24-18(9-8-17-5-2-1-3-6-17)10-11-19-20(22-13-12-21(19)27-22)14-16-28-15-4-7-23(25)26/h1-3,5-6,10-11,18-22,24H,4,7-9,12-16H2,(H,25,26)/b11-10+/t18?,19-,20+,21-,22+/m0/s1. The maximum Gasteiger partial charge on any atom is 0.303 e. The normalized spacial score (nSPS) is 27.5. The number of rotatable bonds is 12. The Kier molecular flexibility index (Phi) is 8.44. The fourth-order valence-corrected chi connectivity index (χ4v) is 5.41. The Balaban J connectivity index is 1.42. The molecule has 5 heteroatoms. The molecule has 154 valence electrons. The van der Waals surface area contributed by atoms with Crippen LogP contribution >= 0.6 is 11.8 Å². The predicted octanol–water partition coefficient (Wildman–Crippen LogP) is 4.32. The number of carboxylic acids is 1. The molecule has 3 rings (SSSR count). The highest BCUT2D eigenvalue weighted by molar-refractivity contribution is 7.99. The topological polar surface area (TPSA) is 66.8 Å². The lowest BCUT2D eigenvalue weighted by molar-refractivity contribution is -0.137. The second-order valence-corrected chi connectivity index (χ2v) is 9.13. The first kappa shape index (κ1) is 21.4. The fourth-order valence-electron chi connectivity index (χ4n) is 4.41. The summed E-state index contributed by atoms with van der Waals surface area (Å²) in [6.07, 6.45) is 10.5. The molecule has 2 saturated heterocycles. The first-order valence-corrected chi connectivity index (χ1v) is 11.6. The third-order valence-electron chi connectivity index (χ3n) is 5.89. The van der Waals surface area contributed by atoms with Gasteiger partial charge in [-0.05, 0) is 61.5 Å². The summed E-state index contributed by atoms with van der Waals surface area (Å²) in [4.78, 5) is 10.6. The van der Waals surface area contributed by atoms with Crippen LogP contribution in [0.15, 0.2) is 42.5 Å². The average Bonchev–Trinajstić information content (AvgIpc) is 3.30. The third-order valence-corrected chi connectivity index (χ3v) is 6.99. The van der Waals surface area contributed by atoms with E-state index in [1.165, 1.54) is 5.56 Å². The maximum absolute atomic E-state index is 10.6. The lowest BCUT2D eigenvalue weighted by Crippen LogP contribution is -2.26. The number of carbonyl (C=O) groups is 1. The molecule has 5 atom stereocenters. The molecule has 28 heavy (non-hydrogen) atoms. The van der Waals surface area contributed by atoms with Crippen LogP contribution in [0.1, 0.15) is 44.1 Å². The SMILES string of the molecule is O=C(O)CCCSCC[C@@H]1[C@H](/C=C/C(O)CCc2ccccc2)[C@@H]2CC[C@H]1O2. The molecule has 2 bridgehead atoms. The Morgan fingerprint density at radius 2 is 2.00 bits per heavy atom. The number of carboxylic acid groups (broad SMARTS) is 1. The fraction of sp³-hybridized carbons (Fsp3) is 0.609. The quantitative estimate of drug-likeness (QED) is 0.401. The molecule has 0 spiro atoms.